The lowest BCUT2D eigenvalue weighted by Crippen LogP contribution is -2.63. The molecule has 2 N–H and O–H groups in total. The molecule has 4 bridgehead atoms. The second kappa shape index (κ2) is 8.98. The lowest BCUT2D eigenvalue weighted by Gasteiger charge is -2.58. The van der Waals surface area contributed by atoms with Crippen LogP contribution < -0.4 is 19.9 Å². The summed E-state index contributed by atoms with van der Waals surface area (Å²) < 4.78 is 5.16. The van der Waals surface area contributed by atoms with Crippen molar-refractivity contribution in [3.05, 3.63) is 60.9 Å². The van der Waals surface area contributed by atoms with E-state index in [4.69, 9.17) is 4.74 Å². The van der Waals surface area contributed by atoms with Crippen LogP contribution in [0.1, 0.15) is 32.1 Å². The maximum absolute atomic E-state index is 13.6. The molecule has 4 aliphatic carbocycles. The number of methoxy groups -OCH3 is 1. The van der Waals surface area contributed by atoms with Crippen molar-refractivity contribution in [1.82, 2.24) is 15.3 Å². The van der Waals surface area contributed by atoms with Gasteiger partial charge in [-0.3, -0.25) is 4.90 Å². The van der Waals surface area contributed by atoms with Gasteiger partial charge in [0.15, 0.2) is 11.6 Å². The topological polar surface area (TPSA) is 90.8 Å². The fourth-order valence-electron chi connectivity index (χ4n) is 7.64. The Labute approximate surface area is 222 Å². The number of aliphatic hydroxyl groups is 1. The molecule has 2 aromatic carbocycles. The van der Waals surface area contributed by atoms with Crippen LogP contribution in [-0.2, 0) is 0 Å². The summed E-state index contributed by atoms with van der Waals surface area (Å²) >= 11 is 0. The normalized spacial score (nSPS) is 29.2. The van der Waals surface area contributed by atoms with Crippen molar-refractivity contribution in [2.45, 2.75) is 43.7 Å². The number of aromatic nitrogens is 2. The highest BCUT2D eigenvalue weighted by molar-refractivity contribution is 5.98. The molecule has 2 heterocycles. The summed E-state index contributed by atoms with van der Waals surface area (Å²) in [6.45, 7) is 1.29. The maximum Gasteiger partial charge on any atom is 0.322 e. The zero-order chi connectivity index (χ0) is 25.9. The number of benzene rings is 2. The average Bonchev–Trinajstić information content (AvgIpc) is 2.93. The fourth-order valence-corrected chi connectivity index (χ4v) is 7.64. The standard InChI is InChI=1S/C30H33N5O3/c1-38-24-17-31-28(32-18-24)20-6-8-23(9-7-20)34-10-11-35(26-5-3-2-4-25(26)34)29(36)33-27-21-12-19-13-22(27)16-30(37,14-19)15-21/h2-9,17-19,21-22,27,37H,10-16H2,1H3,(H,33,36). The molecule has 4 saturated carbocycles. The van der Waals surface area contributed by atoms with E-state index in [9.17, 15) is 9.90 Å². The molecule has 3 aromatic rings. The number of amides is 2. The van der Waals surface area contributed by atoms with E-state index in [-0.39, 0.29) is 12.1 Å². The molecule has 0 radical (unpaired) electrons. The highest BCUT2D eigenvalue weighted by Gasteiger charge is 2.55. The first-order valence-electron chi connectivity index (χ1n) is 13.6. The van der Waals surface area contributed by atoms with Gasteiger partial charge < -0.3 is 20.1 Å². The van der Waals surface area contributed by atoms with E-state index in [1.54, 1.807) is 19.5 Å². The van der Waals surface area contributed by atoms with Gasteiger partial charge in [0, 0.05) is 30.4 Å². The van der Waals surface area contributed by atoms with Crippen molar-refractivity contribution in [2.24, 2.45) is 17.8 Å². The van der Waals surface area contributed by atoms with Gasteiger partial charge in [-0.25, -0.2) is 14.8 Å². The van der Waals surface area contributed by atoms with E-state index in [0.29, 0.717) is 42.4 Å². The Balaban J connectivity index is 1.09. The number of carbonyl (C=O) groups is 1. The van der Waals surface area contributed by atoms with Crippen LogP contribution in [0, 0.1) is 17.8 Å². The molecule has 8 rings (SSSR count). The van der Waals surface area contributed by atoms with Gasteiger partial charge in [-0.15, -0.1) is 0 Å². The molecule has 2 unspecified atom stereocenters. The first-order chi connectivity index (χ1) is 18.5. The predicted octanol–water partition coefficient (Wildman–Crippen LogP) is 4.76. The summed E-state index contributed by atoms with van der Waals surface area (Å²) in [6.07, 6.45) is 8.20. The predicted molar refractivity (Wildman–Crippen MR) is 146 cm³/mol. The van der Waals surface area contributed by atoms with Crippen LogP contribution >= 0.6 is 0 Å². The monoisotopic (exact) mass is 511 g/mol. The number of nitrogens with zero attached hydrogens (tertiary/aromatic N) is 4. The lowest BCUT2D eigenvalue weighted by molar-refractivity contribution is -0.136. The van der Waals surface area contributed by atoms with E-state index in [1.165, 1.54) is 0 Å². The number of hydrogen-bond acceptors (Lipinski definition) is 6. The van der Waals surface area contributed by atoms with Gasteiger partial charge in [0.05, 0.1) is 36.5 Å². The van der Waals surface area contributed by atoms with Gasteiger partial charge >= 0.3 is 6.03 Å². The van der Waals surface area contributed by atoms with Crippen molar-refractivity contribution in [3.63, 3.8) is 0 Å². The fraction of sp³-hybridized carbons (Fsp3) is 0.433. The van der Waals surface area contributed by atoms with E-state index >= 15 is 0 Å². The number of urea groups is 1. The summed E-state index contributed by atoms with van der Waals surface area (Å²) in [5.41, 5.74) is 3.43. The molecule has 5 aliphatic rings. The van der Waals surface area contributed by atoms with Crippen LogP contribution in [0.5, 0.6) is 5.75 Å². The molecular weight excluding hydrogens is 478 g/mol. The van der Waals surface area contributed by atoms with Crippen molar-refractivity contribution in [1.29, 1.82) is 0 Å². The van der Waals surface area contributed by atoms with Crippen LogP contribution in [0.4, 0.5) is 21.9 Å². The van der Waals surface area contributed by atoms with Crippen LogP contribution in [0.15, 0.2) is 60.9 Å². The second-order valence-electron chi connectivity index (χ2n) is 11.5. The Morgan fingerprint density at radius 2 is 1.66 bits per heavy atom. The zero-order valence-electron chi connectivity index (χ0n) is 21.6. The largest absolute Gasteiger partial charge is 0.494 e. The molecule has 0 saturated heterocycles. The highest BCUT2D eigenvalue weighted by Crippen LogP contribution is 2.55. The third-order valence-corrected chi connectivity index (χ3v) is 9.09. The van der Waals surface area contributed by atoms with Crippen molar-refractivity contribution >= 4 is 23.1 Å². The Hall–Kier alpha value is -3.65. The molecule has 1 aromatic heterocycles. The minimum absolute atomic E-state index is 0.0198. The van der Waals surface area contributed by atoms with Gasteiger partial charge in [0.25, 0.3) is 0 Å². The van der Waals surface area contributed by atoms with Crippen molar-refractivity contribution in [2.75, 3.05) is 30.0 Å². The highest BCUT2D eigenvalue weighted by atomic mass is 16.5. The molecule has 8 nitrogen and oxygen atoms in total. The Bertz CT molecular complexity index is 1330. The molecule has 1 aliphatic heterocycles. The van der Waals surface area contributed by atoms with Gasteiger partial charge in [0.2, 0.25) is 0 Å². The molecular formula is C30H33N5O3. The third kappa shape index (κ3) is 3.98. The lowest BCUT2D eigenvalue weighted by atomic mass is 9.52. The summed E-state index contributed by atoms with van der Waals surface area (Å²) in [7, 11) is 1.60. The Morgan fingerprint density at radius 1 is 0.974 bits per heavy atom. The quantitative estimate of drug-likeness (QED) is 0.525. The molecule has 2 atom stereocenters. The number of carbonyl (C=O) groups excluding carboxylic acids is 1. The van der Waals surface area contributed by atoms with Crippen LogP contribution in [-0.4, -0.2) is 52.9 Å². The number of anilines is 3. The first-order valence-corrected chi connectivity index (χ1v) is 13.6. The van der Waals surface area contributed by atoms with E-state index < -0.39 is 5.60 Å². The molecule has 38 heavy (non-hydrogen) atoms. The molecule has 4 fully saturated rings. The average molecular weight is 512 g/mol. The van der Waals surface area contributed by atoms with Crippen LogP contribution in [0.2, 0.25) is 0 Å². The molecule has 0 spiro atoms. The van der Waals surface area contributed by atoms with Gasteiger partial charge in [-0.2, -0.15) is 0 Å². The Morgan fingerprint density at radius 3 is 2.32 bits per heavy atom. The SMILES string of the molecule is COc1cnc(-c2ccc(N3CCN(C(=O)NC4C5CC6CC4CC(O)(C6)C5)c4ccccc43)cc2)nc1. The van der Waals surface area contributed by atoms with E-state index in [1.807, 2.05) is 35.2 Å². The van der Waals surface area contributed by atoms with Crippen molar-refractivity contribution in [3.8, 4) is 17.1 Å². The number of ether oxygens (including phenoxy) is 1. The van der Waals surface area contributed by atoms with Gasteiger partial charge in [0.1, 0.15) is 0 Å². The second-order valence-corrected chi connectivity index (χ2v) is 11.5. The number of rotatable bonds is 4. The van der Waals surface area contributed by atoms with Crippen molar-refractivity contribution < 1.29 is 14.6 Å². The van der Waals surface area contributed by atoms with Gasteiger partial charge in [-0.05, 0) is 86.3 Å². The summed E-state index contributed by atoms with van der Waals surface area (Å²) in [5.74, 6) is 2.68. The summed E-state index contributed by atoms with van der Waals surface area (Å²) in [5, 5.41) is 14.3. The zero-order valence-corrected chi connectivity index (χ0v) is 21.6. The smallest absolute Gasteiger partial charge is 0.322 e. The van der Waals surface area contributed by atoms with E-state index in [0.717, 1.165) is 54.7 Å². The van der Waals surface area contributed by atoms with Gasteiger partial charge in [-0.1, -0.05) is 12.1 Å². The number of hydrogen-bond donors (Lipinski definition) is 2. The molecule has 2 amide bonds. The number of para-hydroxylation sites is 2. The van der Waals surface area contributed by atoms with Crippen LogP contribution in [0.3, 0.4) is 0 Å². The number of nitrogens with one attached hydrogen (secondary N) is 1. The minimum atomic E-state index is -0.495. The summed E-state index contributed by atoms with van der Waals surface area (Å²) in [4.78, 5) is 26.6. The minimum Gasteiger partial charge on any atom is -0.494 e. The maximum atomic E-state index is 13.6. The number of fused-ring (bicyclic) bond motifs is 1. The van der Waals surface area contributed by atoms with E-state index in [2.05, 4.69) is 38.4 Å². The Kier molecular flexibility index (Phi) is 5.54. The molecule has 8 heteroatoms. The molecule has 196 valence electrons. The van der Waals surface area contributed by atoms with Crippen LogP contribution in [0.25, 0.3) is 11.4 Å². The first kappa shape index (κ1) is 23.5. The third-order valence-electron chi connectivity index (χ3n) is 9.09. The summed E-state index contributed by atoms with van der Waals surface area (Å²) in [6, 6.07) is 16.5.